The smallest absolute Gasteiger partial charge is 0.282 e. The molecule has 0 unspecified atom stereocenters. The average molecular weight is 648 g/mol. The summed E-state index contributed by atoms with van der Waals surface area (Å²) in [4.78, 5) is 18.2. The third-order valence-corrected chi connectivity index (χ3v) is 7.17. The molecule has 1 heterocycles. The van der Waals surface area contributed by atoms with E-state index in [-0.39, 0.29) is 11.5 Å². The molecule has 4 aromatic rings. The average Bonchev–Trinajstić information content (AvgIpc) is 2.88. The predicted molar refractivity (Wildman–Crippen MR) is 156 cm³/mol. The molecule has 0 amide bonds. The van der Waals surface area contributed by atoms with Gasteiger partial charge >= 0.3 is 0 Å². The zero-order valence-electron chi connectivity index (χ0n) is 20.7. The van der Waals surface area contributed by atoms with Crippen LogP contribution in [0.5, 0.6) is 11.5 Å². The van der Waals surface area contributed by atoms with Gasteiger partial charge in [0.2, 0.25) is 0 Å². The predicted octanol–water partition coefficient (Wildman–Crippen LogP) is 7.95. The quantitative estimate of drug-likeness (QED) is 0.173. The van der Waals surface area contributed by atoms with E-state index < -0.39 is 0 Å². The van der Waals surface area contributed by atoms with E-state index in [4.69, 9.17) is 26.1 Å². The zero-order valence-corrected chi connectivity index (χ0v) is 24.6. The normalized spacial score (nSPS) is 12.3. The second-order valence-corrected chi connectivity index (χ2v) is 10.7. The molecule has 0 aliphatic rings. The van der Waals surface area contributed by atoms with E-state index >= 15 is 0 Å². The summed E-state index contributed by atoms with van der Waals surface area (Å²) in [7, 11) is 0. The zero-order chi connectivity index (χ0) is 26.5. The summed E-state index contributed by atoms with van der Waals surface area (Å²) in [6.07, 6.45) is 2.46. The van der Waals surface area contributed by atoms with Crippen LogP contribution in [0.3, 0.4) is 0 Å². The van der Waals surface area contributed by atoms with Gasteiger partial charge in [-0.25, -0.2) is 4.98 Å². The van der Waals surface area contributed by atoms with Crippen LogP contribution in [0.1, 0.15) is 50.1 Å². The Morgan fingerprint density at radius 3 is 2.54 bits per heavy atom. The fraction of sp³-hybridized carbons (Fsp3) is 0.250. The van der Waals surface area contributed by atoms with Crippen molar-refractivity contribution >= 4 is 60.6 Å². The highest BCUT2D eigenvalue weighted by Gasteiger charge is 2.16. The first-order valence-corrected chi connectivity index (χ1v) is 13.9. The summed E-state index contributed by atoms with van der Waals surface area (Å²) in [6.45, 7) is 6.83. The van der Waals surface area contributed by atoms with Crippen molar-refractivity contribution in [3.63, 3.8) is 0 Å². The lowest BCUT2D eigenvalue weighted by Crippen LogP contribution is -2.23. The van der Waals surface area contributed by atoms with E-state index in [1.807, 2.05) is 62.4 Å². The number of hydrogen-bond donors (Lipinski definition) is 0. The van der Waals surface area contributed by atoms with Gasteiger partial charge in [0.05, 0.1) is 28.2 Å². The van der Waals surface area contributed by atoms with Gasteiger partial charge in [-0.15, -0.1) is 0 Å². The third kappa shape index (κ3) is 6.43. The van der Waals surface area contributed by atoms with Crippen molar-refractivity contribution in [2.24, 2.45) is 5.10 Å². The molecule has 3 aromatic carbocycles. The Morgan fingerprint density at radius 1 is 1.08 bits per heavy atom. The van der Waals surface area contributed by atoms with Gasteiger partial charge in [-0.2, -0.15) is 9.78 Å². The van der Waals surface area contributed by atoms with Crippen molar-refractivity contribution in [3.8, 4) is 11.5 Å². The Bertz CT molecular complexity index is 1500. The standard InChI is InChI=1S/C28H26Br2ClN3O3/c1-4-17(3)27-33-24-11-8-20(29)14-22(24)28(35)34(27)32-15-19-12-23(30)26(25(13-19)36-5-2)37-16-18-6-9-21(31)10-7-18/h6-15,17H,4-5,16H2,1-3H3/t17-/m0/s1. The Hall–Kier alpha value is -2.68. The lowest BCUT2D eigenvalue weighted by molar-refractivity contribution is 0.267. The van der Waals surface area contributed by atoms with Gasteiger partial charge in [0.15, 0.2) is 11.5 Å². The van der Waals surface area contributed by atoms with Crippen molar-refractivity contribution in [2.75, 3.05) is 6.61 Å². The second-order valence-electron chi connectivity index (χ2n) is 8.48. The SMILES string of the molecule is CCOc1cc(C=Nn2c([C@@H](C)CC)nc3ccc(Br)cc3c2=O)cc(Br)c1OCc1ccc(Cl)cc1. The minimum Gasteiger partial charge on any atom is -0.490 e. The van der Waals surface area contributed by atoms with Crippen molar-refractivity contribution in [1.82, 2.24) is 9.66 Å². The molecule has 4 rings (SSSR count). The summed E-state index contributed by atoms with van der Waals surface area (Å²) in [5, 5.41) is 5.75. The molecule has 1 atom stereocenters. The van der Waals surface area contributed by atoms with Crippen molar-refractivity contribution in [1.29, 1.82) is 0 Å². The Labute approximate surface area is 237 Å². The van der Waals surface area contributed by atoms with Crippen molar-refractivity contribution in [2.45, 2.75) is 39.7 Å². The molecule has 9 heteroatoms. The highest BCUT2D eigenvalue weighted by atomic mass is 79.9. The van der Waals surface area contributed by atoms with Gasteiger partial charge in [-0.3, -0.25) is 4.79 Å². The summed E-state index contributed by atoms with van der Waals surface area (Å²) >= 11 is 13.0. The van der Waals surface area contributed by atoms with Crippen LogP contribution in [0.25, 0.3) is 10.9 Å². The number of hydrogen-bond acceptors (Lipinski definition) is 5. The molecule has 0 N–H and O–H groups in total. The summed E-state index contributed by atoms with van der Waals surface area (Å²) in [5.41, 5.74) is 2.16. The topological polar surface area (TPSA) is 65.7 Å². The molecular formula is C28H26Br2ClN3O3. The number of halogens is 3. The van der Waals surface area contributed by atoms with E-state index in [1.54, 1.807) is 12.3 Å². The van der Waals surface area contributed by atoms with Crippen LogP contribution >= 0.6 is 43.5 Å². The first-order valence-electron chi connectivity index (χ1n) is 11.9. The maximum absolute atomic E-state index is 13.4. The van der Waals surface area contributed by atoms with Crippen molar-refractivity contribution in [3.05, 3.63) is 95.9 Å². The monoisotopic (exact) mass is 645 g/mol. The van der Waals surface area contributed by atoms with Gasteiger partial charge in [0.1, 0.15) is 12.4 Å². The maximum Gasteiger partial charge on any atom is 0.282 e. The molecule has 0 spiro atoms. The number of rotatable bonds is 9. The van der Waals surface area contributed by atoms with Crippen LogP contribution in [0, 0.1) is 0 Å². The minimum absolute atomic E-state index is 0.0484. The first-order chi connectivity index (χ1) is 17.8. The number of nitrogens with zero attached hydrogens (tertiary/aromatic N) is 3. The first kappa shape index (κ1) is 27.4. The van der Waals surface area contributed by atoms with E-state index in [1.165, 1.54) is 4.68 Å². The Kier molecular flexibility index (Phi) is 9.05. The molecule has 0 fully saturated rings. The van der Waals surface area contributed by atoms with Gasteiger partial charge in [-0.1, -0.05) is 53.5 Å². The minimum atomic E-state index is -0.218. The maximum atomic E-state index is 13.4. The number of ether oxygens (including phenoxy) is 2. The van der Waals surface area contributed by atoms with Gasteiger partial charge in [-0.05, 0) is 82.9 Å². The molecule has 37 heavy (non-hydrogen) atoms. The Balaban J connectivity index is 1.71. The molecule has 0 saturated heterocycles. The molecule has 0 aliphatic carbocycles. The van der Waals surface area contributed by atoms with Gasteiger partial charge in [0.25, 0.3) is 5.56 Å². The lowest BCUT2D eigenvalue weighted by atomic mass is 10.1. The number of fused-ring (bicyclic) bond motifs is 1. The molecule has 192 valence electrons. The van der Waals surface area contributed by atoms with Crippen LogP contribution in [0.15, 0.2) is 73.4 Å². The molecule has 0 radical (unpaired) electrons. The highest BCUT2D eigenvalue weighted by molar-refractivity contribution is 9.10. The van der Waals surface area contributed by atoms with Crippen LogP contribution in [-0.2, 0) is 6.61 Å². The summed E-state index contributed by atoms with van der Waals surface area (Å²) in [6, 6.07) is 16.7. The number of benzene rings is 3. The van der Waals surface area contributed by atoms with Crippen LogP contribution in [0.2, 0.25) is 5.02 Å². The molecule has 0 saturated carbocycles. The van der Waals surface area contributed by atoms with Crippen LogP contribution in [-0.4, -0.2) is 22.5 Å². The number of aromatic nitrogens is 2. The largest absolute Gasteiger partial charge is 0.490 e. The van der Waals surface area contributed by atoms with E-state index in [0.717, 1.165) is 22.0 Å². The van der Waals surface area contributed by atoms with Crippen LogP contribution in [0.4, 0.5) is 0 Å². The summed E-state index contributed by atoms with van der Waals surface area (Å²) in [5.74, 6) is 1.82. The van der Waals surface area contributed by atoms with E-state index in [9.17, 15) is 4.79 Å². The summed E-state index contributed by atoms with van der Waals surface area (Å²) < 4.78 is 14.9. The van der Waals surface area contributed by atoms with E-state index in [0.29, 0.717) is 50.9 Å². The Morgan fingerprint density at radius 2 is 1.84 bits per heavy atom. The van der Waals surface area contributed by atoms with Crippen LogP contribution < -0.4 is 15.0 Å². The second kappa shape index (κ2) is 12.2. The highest BCUT2D eigenvalue weighted by Crippen LogP contribution is 2.37. The molecule has 1 aromatic heterocycles. The lowest BCUT2D eigenvalue weighted by Gasteiger charge is -2.15. The third-order valence-electron chi connectivity index (χ3n) is 5.84. The fourth-order valence-corrected chi connectivity index (χ4v) is 4.77. The van der Waals surface area contributed by atoms with Gasteiger partial charge < -0.3 is 9.47 Å². The molecular weight excluding hydrogens is 622 g/mol. The van der Waals surface area contributed by atoms with Gasteiger partial charge in [0, 0.05) is 15.4 Å². The van der Waals surface area contributed by atoms with E-state index in [2.05, 4.69) is 43.9 Å². The van der Waals surface area contributed by atoms with Crippen molar-refractivity contribution < 1.29 is 9.47 Å². The fourth-order valence-electron chi connectivity index (χ4n) is 3.71. The molecule has 0 aliphatic heterocycles. The molecule has 0 bridgehead atoms. The molecule has 6 nitrogen and oxygen atoms in total.